The van der Waals surface area contributed by atoms with E-state index in [0.717, 1.165) is 5.57 Å². The van der Waals surface area contributed by atoms with E-state index in [9.17, 15) is 0 Å². The highest BCUT2D eigenvalue weighted by molar-refractivity contribution is 5.35. The molecule has 1 aromatic rings. The van der Waals surface area contributed by atoms with Crippen LogP contribution in [0.25, 0.3) is 0 Å². The maximum Gasteiger partial charge on any atom is 0.115 e. The van der Waals surface area contributed by atoms with Gasteiger partial charge >= 0.3 is 0 Å². The largest absolute Gasteiger partial charge is 0.508 e. The molecule has 70 valence electrons. The van der Waals surface area contributed by atoms with E-state index in [1.807, 2.05) is 19.1 Å². The molecule has 0 radical (unpaired) electrons. The average molecular weight is 176 g/mol. The van der Waals surface area contributed by atoms with Crippen molar-refractivity contribution in [3.05, 3.63) is 42.0 Å². The van der Waals surface area contributed by atoms with E-state index in [4.69, 9.17) is 5.11 Å². The monoisotopic (exact) mass is 176 g/mol. The fourth-order valence-electron chi connectivity index (χ4n) is 1.12. The van der Waals surface area contributed by atoms with Crippen LogP contribution in [0.4, 0.5) is 0 Å². The molecule has 0 saturated heterocycles. The molecule has 0 heterocycles. The Morgan fingerprint density at radius 3 is 2.08 bits per heavy atom. The van der Waals surface area contributed by atoms with Crippen LogP contribution in [0.1, 0.15) is 26.3 Å². The zero-order valence-electron chi connectivity index (χ0n) is 8.46. The van der Waals surface area contributed by atoms with Gasteiger partial charge in [-0.1, -0.05) is 38.1 Å². The molecule has 1 rings (SSSR count). The lowest BCUT2D eigenvalue weighted by Crippen LogP contribution is -2.17. The molecule has 0 aromatic heterocycles. The van der Waals surface area contributed by atoms with Gasteiger partial charge in [-0.3, -0.25) is 0 Å². The summed E-state index contributed by atoms with van der Waals surface area (Å²) >= 11 is 0. The number of hydrogen-bond acceptors (Lipinski definition) is 1. The first-order valence-corrected chi connectivity index (χ1v) is 4.40. The molecular formula is C12H16O. The Hall–Kier alpha value is -1.24. The fourth-order valence-corrected chi connectivity index (χ4v) is 1.12. The van der Waals surface area contributed by atoms with E-state index >= 15 is 0 Å². The first-order chi connectivity index (χ1) is 5.94. The Bertz CT molecular complexity index is 306. The number of rotatable bonds is 2. The summed E-state index contributed by atoms with van der Waals surface area (Å²) in [4.78, 5) is 0. The molecule has 0 spiro atoms. The van der Waals surface area contributed by atoms with Crippen LogP contribution in [-0.2, 0) is 5.41 Å². The van der Waals surface area contributed by atoms with Crippen LogP contribution in [0.3, 0.4) is 0 Å². The van der Waals surface area contributed by atoms with Gasteiger partial charge < -0.3 is 5.11 Å². The summed E-state index contributed by atoms with van der Waals surface area (Å²) in [5, 5.41) is 9.14. The van der Waals surface area contributed by atoms with E-state index < -0.39 is 0 Å². The van der Waals surface area contributed by atoms with Crippen molar-refractivity contribution in [3.8, 4) is 5.75 Å². The SMILES string of the molecule is C=C(C)C(C)(C)c1ccc(O)cc1. The van der Waals surface area contributed by atoms with Gasteiger partial charge in [0.1, 0.15) is 5.75 Å². The van der Waals surface area contributed by atoms with E-state index in [1.165, 1.54) is 5.56 Å². The van der Waals surface area contributed by atoms with Crippen molar-refractivity contribution >= 4 is 0 Å². The highest BCUT2D eigenvalue weighted by atomic mass is 16.3. The Balaban J connectivity index is 3.08. The standard InChI is InChI=1S/C12H16O/c1-9(2)12(3,4)10-5-7-11(13)8-6-10/h5-8,13H,1H2,2-4H3. The van der Waals surface area contributed by atoms with Crippen LogP contribution >= 0.6 is 0 Å². The molecule has 1 aromatic carbocycles. The molecule has 0 amide bonds. The van der Waals surface area contributed by atoms with Crippen molar-refractivity contribution in [2.24, 2.45) is 0 Å². The maximum atomic E-state index is 9.14. The predicted octanol–water partition coefficient (Wildman–Crippen LogP) is 3.25. The van der Waals surface area contributed by atoms with Gasteiger partial charge in [-0.05, 0) is 24.6 Å². The van der Waals surface area contributed by atoms with Gasteiger partial charge in [0, 0.05) is 5.41 Å². The summed E-state index contributed by atoms with van der Waals surface area (Å²) in [6.07, 6.45) is 0. The van der Waals surface area contributed by atoms with Crippen LogP contribution in [-0.4, -0.2) is 5.11 Å². The minimum absolute atomic E-state index is 0.0201. The zero-order valence-corrected chi connectivity index (χ0v) is 8.46. The smallest absolute Gasteiger partial charge is 0.115 e. The Labute approximate surface area is 79.7 Å². The van der Waals surface area contributed by atoms with E-state index in [-0.39, 0.29) is 5.41 Å². The third-order valence-corrected chi connectivity index (χ3v) is 2.66. The zero-order chi connectivity index (χ0) is 10.1. The molecule has 1 nitrogen and oxygen atoms in total. The quantitative estimate of drug-likeness (QED) is 0.686. The van der Waals surface area contributed by atoms with Gasteiger partial charge in [0.15, 0.2) is 0 Å². The second kappa shape index (κ2) is 3.25. The second-order valence-corrected chi connectivity index (χ2v) is 3.95. The normalized spacial score (nSPS) is 11.3. The molecule has 0 aliphatic rings. The number of aromatic hydroxyl groups is 1. The third kappa shape index (κ3) is 1.92. The van der Waals surface area contributed by atoms with Gasteiger partial charge in [0.2, 0.25) is 0 Å². The lowest BCUT2D eigenvalue weighted by molar-refractivity contribution is 0.474. The van der Waals surface area contributed by atoms with Gasteiger partial charge in [-0.15, -0.1) is 0 Å². The number of benzene rings is 1. The Morgan fingerprint density at radius 2 is 1.69 bits per heavy atom. The first-order valence-electron chi connectivity index (χ1n) is 4.40. The van der Waals surface area contributed by atoms with Crippen LogP contribution < -0.4 is 0 Å². The number of hydrogen-bond donors (Lipinski definition) is 1. The highest BCUT2D eigenvalue weighted by Crippen LogP contribution is 2.30. The van der Waals surface area contributed by atoms with E-state index in [0.29, 0.717) is 5.75 Å². The van der Waals surface area contributed by atoms with Crippen molar-refractivity contribution in [2.75, 3.05) is 0 Å². The summed E-state index contributed by atoms with van der Waals surface area (Å²) in [6, 6.07) is 7.29. The van der Waals surface area contributed by atoms with Crippen LogP contribution in [0.2, 0.25) is 0 Å². The lowest BCUT2D eigenvalue weighted by Gasteiger charge is -2.25. The van der Waals surface area contributed by atoms with Crippen LogP contribution in [0.5, 0.6) is 5.75 Å². The lowest BCUT2D eigenvalue weighted by atomic mass is 9.79. The molecule has 1 heteroatoms. The van der Waals surface area contributed by atoms with Crippen LogP contribution in [0, 0.1) is 0 Å². The van der Waals surface area contributed by atoms with Crippen molar-refractivity contribution in [2.45, 2.75) is 26.2 Å². The molecule has 1 N–H and O–H groups in total. The van der Waals surface area contributed by atoms with E-state index in [1.54, 1.807) is 12.1 Å². The minimum Gasteiger partial charge on any atom is -0.508 e. The van der Waals surface area contributed by atoms with E-state index in [2.05, 4.69) is 20.4 Å². The van der Waals surface area contributed by atoms with Crippen molar-refractivity contribution in [1.29, 1.82) is 0 Å². The molecule has 0 bridgehead atoms. The van der Waals surface area contributed by atoms with Gasteiger partial charge in [0.05, 0.1) is 0 Å². The molecule has 0 aliphatic carbocycles. The molecule has 0 atom stereocenters. The number of allylic oxidation sites excluding steroid dienone is 1. The third-order valence-electron chi connectivity index (χ3n) is 2.66. The van der Waals surface area contributed by atoms with Crippen LogP contribution in [0.15, 0.2) is 36.4 Å². The number of phenols is 1. The summed E-state index contributed by atoms with van der Waals surface area (Å²) in [5.74, 6) is 0.307. The average Bonchev–Trinajstić information content (AvgIpc) is 2.04. The first kappa shape index (κ1) is 9.85. The van der Waals surface area contributed by atoms with Crippen molar-refractivity contribution in [3.63, 3.8) is 0 Å². The highest BCUT2D eigenvalue weighted by Gasteiger charge is 2.20. The van der Waals surface area contributed by atoms with Gasteiger partial charge in [0.25, 0.3) is 0 Å². The summed E-state index contributed by atoms with van der Waals surface area (Å²) in [6.45, 7) is 10.2. The van der Waals surface area contributed by atoms with Gasteiger partial charge in [-0.25, -0.2) is 0 Å². The Kier molecular flexibility index (Phi) is 2.46. The maximum absolute atomic E-state index is 9.14. The minimum atomic E-state index is -0.0201. The number of phenolic OH excluding ortho intramolecular Hbond substituents is 1. The molecule has 13 heavy (non-hydrogen) atoms. The summed E-state index contributed by atoms with van der Waals surface area (Å²) in [7, 11) is 0. The molecular weight excluding hydrogens is 160 g/mol. The molecule has 0 unspecified atom stereocenters. The summed E-state index contributed by atoms with van der Waals surface area (Å²) < 4.78 is 0. The second-order valence-electron chi connectivity index (χ2n) is 3.95. The van der Waals surface area contributed by atoms with Gasteiger partial charge in [-0.2, -0.15) is 0 Å². The van der Waals surface area contributed by atoms with Crippen molar-refractivity contribution in [1.82, 2.24) is 0 Å². The fraction of sp³-hybridized carbons (Fsp3) is 0.333. The molecule has 0 aliphatic heterocycles. The molecule has 0 fully saturated rings. The summed E-state index contributed by atoms with van der Waals surface area (Å²) in [5.41, 5.74) is 2.28. The topological polar surface area (TPSA) is 20.2 Å². The predicted molar refractivity (Wildman–Crippen MR) is 55.9 cm³/mol. The molecule has 0 saturated carbocycles. The Morgan fingerprint density at radius 1 is 1.23 bits per heavy atom. The van der Waals surface area contributed by atoms with Crippen molar-refractivity contribution < 1.29 is 5.11 Å².